The molecule has 1 aromatic carbocycles. The SMILES string of the molecule is Cn1cnc(CC(O)C(=O)N[C@H](CC(N)=O)c2cccc(Cl)c2)c1. The first-order valence-electron chi connectivity index (χ1n) is 7.34. The predicted molar refractivity (Wildman–Crippen MR) is 89.1 cm³/mol. The first-order chi connectivity index (χ1) is 11.3. The lowest BCUT2D eigenvalue weighted by atomic mass is 10.0. The van der Waals surface area contributed by atoms with Crippen LogP contribution in [-0.2, 0) is 23.1 Å². The number of amides is 2. The van der Waals surface area contributed by atoms with Crippen molar-refractivity contribution in [3.8, 4) is 0 Å². The zero-order chi connectivity index (χ0) is 17.7. The van der Waals surface area contributed by atoms with Crippen LogP contribution in [0.25, 0.3) is 0 Å². The Kier molecular flexibility index (Phi) is 5.94. The quantitative estimate of drug-likeness (QED) is 0.683. The van der Waals surface area contributed by atoms with Gasteiger partial charge in [0.25, 0.3) is 0 Å². The molecule has 0 radical (unpaired) electrons. The number of aromatic nitrogens is 2. The zero-order valence-corrected chi connectivity index (χ0v) is 13.9. The van der Waals surface area contributed by atoms with E-state index in [0.717, 1.165) is 0 Å². The largest absolute Gasteiger partial charge is 0.383 e. The molecule has 1 unspecified atom stereocenters. The number of nitrogens with two attached hydrogens (primary N) is 1. The molecule has 0 fully saturated rings. The van der Waals surface area contributed by atoms with Crippen molar-refractivity contribution in [3.63, 3.8) is 0 Å². The van der Waals surface area contributed by atoms with E-state index < -0.39 is 24.0 Å². The average Bonchev–Trinajstić information content (AvgIpc) is 2.91. The van der Waals surface area contributed by atoms with Gasteiger partial charge in [-0.15, -0.1) is 0 Å². The number of hydrogen-bond acceptors (Lipinski definition) is 4. The number of nitrogens with one attached hydrogen (secondary N) is 1. The van der Waals surface area contributed by atoms with Gasteiger partial charge in [0.1, 0.15) is 6.10 Å². The number of aliphatic hydroxyl groups excluding tert-OH is 1. The Labute approximate surface area is 144 Å². The van der Waals surface area contributed by atoms with Crippen molar-refractivity contribution in [2.75, 3.05) is 0 Å². The van der Waals surface area contributed by atoms with Gasteiger partial charge in [-0.1, -0.05) is 23.7 Å². The molecular weight excluding hydrogens is 332 g/mol. The molecule has 7 nitrogen and oxygen atoms in total. The summed E-state index contributed by atoms with van der Waals surface area (Å²) in [6.45, 7) is 0. The van der Waals surface area contributed by atoms with Crippen LogP contribution < -0.4 is 11.1 Å². The number of aryl methyl sites for hydroxylation is 1. The fourth-order valence-corrected chi connectivity index (χ4v) is 2.51. The molecule has 0 spiro atoms. The van der Waals surface area contributed by atoms with E-state index in [4.69, 9.17) is 17.3 Å². The van der Waals surface area contributed by atoms with Crippen LogP contribution in [0, 0.1) is 0 Å². The molecule has 8 heteroatoms. The van der Waals surface area contributed by atoms with Gasteiger partial charge in [-0.3, -0.25) is 9.59 Å². The second kappa shape index (κ2) is 7.94. The van der Waals surface area contributed by atoms with E-state index in [1.54, 1.807) is 48.4 Å². The van der Waals surface area contributed by atoms with Crippen molar-refractivity contribution in [3.05, 3.63) is 53.1 Å². The van der Waals surface area contributed by atoms with E-state index in [1.165, 1.54) is 0 Å². The number of rotatable bonds is 7. The summed E-state index contributed by atoms with van der Waals surface area (Å²) in [5.41, 5.74) is 6.48. The Morgan fingerprint density at radius 1 is 1.46 bits per heavy atom. The Morgan fingerprint density at radius 3 is 2.79 bits per heavy atom. The molecular formula is C16H19ClN4O3. The van der Waals surface area contributed by atoms with Gasteiger partial charge in [0.05, 0.1) is 24.5 Å². The van der Waals surface area contributed by atoms with Crippen molar-refractivity contribution in [2.45, 2.75) is 25.0 Å². The topological polar surface area (TPSA) is 110 Å². The van der Waals surface area contributed by atoms with Crippen LogP contribution in [0.1, 0.15) is 23.7 Å². The van der Waals surface area contributed by atoms with Crippen LogP contribution in [0.15, 0.2) is 36.8 Å². The number of carbonyl (C=O) groups excluding carboxylic acids is 2. The van der Waals surface area contributed by atoms with Gasteiger partial charge >= 0.3 is 0 Å². The molecule has 128 valence electrons. The molecule has 0 bridgehead atoms. The fourth-order valence-electron chi connectivity index (χ4n) is 2.31. The minimum atomic E-state index is -1.28. The standard InChI is InChI=1S/C16H19ClN4O3/c1-21-8-12(19-9-21)6-14(22)16(24)20-13(7-15(18)23)10-3-2-4-11(17)5-10/h2-5,8-9,13-14,22H,6-7H2,1H3,(H2,18,23)(H,20,24)/t13-,14?/m1/s1. The van der Waals surface area contributed by atoms with E-state index >= 15 is 0 Å². The monoisotopic (exact) mass is 350 g/mol. The van der Waals surface area contributed by atoms with E-state index in [1.807, 2.05) is 0 Å². The minimum Gasteiger partial charge on any atom is -0.383 e. The second-order valence-electron chi connectivity index (χ2n) is 5.54. The van der Waals surface area contributed by atoms with E-state index in [-0.39, 0.29) is 12.8 Å². The van der Waals surface area contributed by atoms with E-state index in [0.29, 0.717) is 16.3 Å². The van der Waals surface area contributed by atoms with Crippen LogP contribution in [0.5, 0.6) is 0 Å². The van der Waals surface area contributed by atoms with Gasteiger partial charge in [0, 0.05) is 24.7 Å². The minimum absolute atomic E-state index is 0.0749. The highest BCUT2D eigenvalue weighted by molar-refractivity contribution is 6.30. The van der Waals surface area contributed by atoms with E-state index in [9.17, 15) is 14.7 Å². The number of carbonyl (C=O) groups is 2. The van der Waals surface area contributed by atoms with Gasteiger partial charge in [0.2, 0.25) is 11.8 Å². The summed E-state index contributed by atoms with van der Waals surface area (Å²) in [5, 5.41) is 13.2. The molecule has 0 aliphatic heterocycles. The summed E-state index contributed by atoms with van der Waals surface area (Å²) in [6, 6.07) is 6.10. The highest BCUT2D eigenvalue weighted by Gasteiger charge is 2.23. The third-order valence-electron chi connectivity index (χ3n) is 3.44. The zero-order valence-electron chi connectivity index (χ0n) is 13.1. The normalized spacial score (nSPS) is 13.3. The molecule has 1 aromatic heterocycles. The summed E-state index contributed by atoms with van der Waals surface area (Å²) < 4.78 is 1.72. The molecule has 2 rings (SSSR count). The Balaban J connectivity index is 2.07. The van der Waals surface area contributed by atoms with Crippen molar-refractivity contribution >= 4 is 23.4 Å². The summed E-state index contributed by atoms with van der Waals surface area (Å²) in [6.07, 6.45) is 2.00. The number of primary amides is 1. The van der Waals surface area contributed by atoms with Gasteiger partial charge in [-0.2, -0.15) is 0 Å². The van der Waals surface area contributed by atoms with Gasteiger partial charge in [-0.25, -0.2) is 4.98 Å². The second-order valence-corrected chi connectivity index (χ2v) is 5.97. The first-order valence-corrected chi connectivity index (χ1v) is 7.72. The Bertz CT molecular complexity index is 732. The lowest BCUT2D eigenvalue weighted by Crippen LogP contribution is -2.39. The molecule has 2 aromatic rings. The number of halogens is 1. The molecule has 0 aliphatic rings. The van der Waals surface area contributed by atoms with Crippen molar-refractivity contribution < 1.29 is 14.7 Å². The number of imidazole rings is 1. The Hall–Kier alpha value is -2.38. The number of benzene rings is 1. The number of aliphatic hydroxyl groups is 1. The summed E-state index contributed by atoms with van der Waals surface area (Å²) in [4.78, 5) is 27.6. The maximum absolute atomic E-state index is 12.2. The average molecular weight is 351 g/mol. The number of nitrogens with zero attached hydrogens (tertiary/aromatic N) is 2. The van der Waals surface area contributed by atoms with Crippen LogP contribution in [0.3, 0.4) is 0 Å². The van der Waals surface area contributed by atoms with Crippen LogP contribution in [0.4, 0.5) is 0 Å². The maximum Gasteiger partial charge on any atom is 0.249 e. The summed E-state index contributed by atoms with van der Waals surface area (Å²) in [7, 11) is 1.80. The Morgan fingerprint density at radius 2 is 2.21 bits per heavy atom. The molecule has 2 amide bonds. The van der Waals surface area contributed by atoms with Crippen molar-refractivity contribution in [1.82, 2.24) is 14.9 Å². The summed E-state index contributed by atoms with van der Waals surface area (Å²) >= 11 is 5.95. The highest BCUT2D eigenvalue weighted by Crippen LogP contribution is 2.20. The first kappa shape index (κ1) is 18.0. The lowest BCUT2D eigenvalue weighted by Gasteiger charge is -2.20. The maximum atomic E-state index is 12.2. The van der Waals surface area contributed by atoms with Crippen LogP contribution >= 0.6 is 11.6 Å². The smallest absolute Gasteiger partial charge is 0.249 e. The lowest BCUT2D eigenvalue weighted by molar-refractivity contribution is -0.130. The fraction of sp³-hybridized carbons (Fsp3) is 0.312. The van der Waals surface area contributed by atoms with Gasteiger partial charge in [-0.05, 0) is 17.7 Å². The third kappa shape index (κ3) is 5.07. The van der Waals surface area contributed by atoms with Crippen molar-refractivity contribution in [2.24, 2.45) is 12.8 Å². The molecule has 0 saturated heterocycles. The van der Waals surface area contributed by atoms with Crippen molar-refractivity contribution in [1.29, 1.82) is 0 Å². The molecule has 2 atom stereocenters. The van der Waals surface area contributed by atoms with E-state index in [2.05, 4.69) is 10.3 Å². The molecule has 4 N–H and O–H groups in total. The molecule has 1 heterocycles. The number of hydrogen-bond donors (Lipinski definition) is 3. The highest BCUT2D eigenvalue weighted by atomic mass is 35.5. The van der Waals surface area contributed by atoms with Gasteiger partial charge in [0.15, 0.2) is 0 Å². The molecule has 24 heavy (non-hydrogen) atoms. The molecule has 0 aliphatic carbocycles. The summed E-state index contributed by atoms with van der Waals surface area (Å²) in [5.74, 6) is -1.17. The van der Waals surface area contributed by atoms with Crippen LogP contribution in [0.2, 0.25) is 5.02 Å². The third-order valence-corrected chi connectivity index (χ3v) is 3.67. The van der Waals surface area contributed by atoms with Gasteiger partial charge < -0.3 is 20.7 Å². The van der Waals surface area contributed by atoms with Crippen LogP contribution in [-0.4, -0.2) is 32.6 Å². The predicted octanol–water partition coefficient (Wildman–Crippen LogP) is 0.710. The molecule has 0 saturated carbocycles.